The Kier molecular flexibility index (Phi) is 7.64. The minimum Gasteiger partial charge on any atom is -0.368 e. The number of nitrogens with one attached hydrogen (secondary N) is 2. The van der Waals surface area contributed by atoms with Gasteiger partial charge < -0.3 is 15.1 Å². The molecule has 0 spiro atoms. The molecule has 2 N–H and O–H groups in total. The first kappa shape index (κ1) is 24.0. The molecule has 1 aliphatic rings. The Hall–Kier alpha value is -3.17. The number of benzene rings is 2. The van der Waals surface area contributed by atoms with Gasteiger partial charge in [0.1, 0.15) is 0 Å². The zero-order valence-electron chi connectivity index (χ0n) is 19.0. The zero-order valence-corrected chi connectivity index (χ0v) is 20.5. The SMILES string of the molecule is Cc1cccc(-c2n[nH]c(=S)n2CCC(=O)NCC(=O)N2CCN(c3ccc(Cl)cc3)CC2)c1. The van der Waals surface area contributed by atoms with Gasteiger partial charge in [0.2, 0.25) is 11.8 Å². The highest BCUT2D eigenvalue weighted by Gasteiger charge is 2.21. The van der Waals surface area contributed by atoms with Crippen molar-refractivity contribution < 1.29 is 9.59 Å². The molecule has 0 aliphatic carbocycles. The lowest BCUT2D eigenvalue weighted by Gasteiger charge is -2.36. The molecular formula is C24H27ClN6O2S. The van der Waals surface area contributed by atoms with Crippen LogP contribution in [0.4, 0.5) is 5.69 Å². The van der Waals surface area contributed by atoms with E-state index >= 15 is 0 Å². The summed E-state index contributed by atoms with van der Waals surface area (Å²) < 4.78 is 2.26. The number of carbonyl (C=O) groups excluding carboxylic acids is 2. The van der Waals surface area contributed by atoms with Crippen molar-refractivity contribution in [2.24, 2.45) is 0 Å². The third kappa shape index (κ3) is 5.84. The minimum atomic E-state index is -0.202. The van der Waals surface area contributed by atoms with E-state index in [0.717, 1.165) is 29.9 Å². The average Bonchev–Trinajstić information content (AvgIpc) is 3.22. The van der Waals surface area contributed by atoms with Crippen LogP contribution in [0, 0.1) is 11.7 Å². The maximum atomic E-state index is 12.6. The fraction of sp³-hybridized carbons (Fsp3) is 0.333. The van der Waals surface area contributed by atoms with E-state index in [9.17, 15) is 9.59 Å². The summed E-state index contributed by atoms with van der Waals surface area (Å²) in [6.45, 7) is 5.07. The van der Waals surface area contributed by atoms with Crippen molar-refractivity contribution >= 4 is 41.3 Å². The molecule has 1 saturated heterocycles. The first-order valence-corrected chi connectivity index (χ1v) is 12.0. The Morgan fingerprint density at radius 3 is 2.56 bits per heavy atom. The molecule has 8 nitrogen and oxygen atoms in total. The van der Waals surface area contributed by atoms with E-state index in [1.165, 1.54) is 0 Å². The summed E-state index contributed by atoms with van der Waals surface area (Å²) in [7, 11) is 0. The number of aryl methyl sites for hydroxylation is 1. The Balaban J connectivity index is 1.24. The van der Waals surface area contributed by atoms with Gasteiger partial charge in [-0.3, -0.25) is 19.3 Å². The molecule has 10 heteroatoms. The first-order chi connectivity index (χ1) is 16.4. The highest BCUT2D eigenvalue weighted by Crippen LogP contribution is 2.20. The number of aromatic amines is 1. The number of hydrogen-bond acceptors (Lipinski definition) is 5. The largest absolute Gasteiger partial charge is 0.368 e. The number of nitrogens with zero attached hydrogens (tertiary/aromatic N) is 4. The van der Waals surface area contributed by atoms with Gasteiger partial charge in [0, 0.05) is 55.4 Å². The van der Waals surface area contributed by atoms with E-state index in [4.69, 9.17) is 23.8 Å². The molecule has 178 valence electrons. The van der Waals surface area contributed by atoms with Crippen LogP contribution in [-0.2, 0) is 16.1 Å². The number of halogens is 1. The lowest BCUT2D eigenvalue weighted by atomic mass is 10.1. The fourth-order valence-corrected chi connectivity index (χ4v) is 4.33. The number of carbonyl (C=O) groups is 2. The second-order valence-corrected chi connectivity index (χ2v) is 9.07. The summed E-state index contributed by atoms with van der Waals surface area (Å²) in [6.07, 6.45) is 0.199. The normalized spacial score (nSPS) is 13.7. The fourth-order valence-electron chi connectivity index (χ4n) is 3.98. The number of piperazine rings is 1. The van der Waals surface area contributed by atoms with E-state index in [2.05, 4.69) is 20.4 Å². The second-order valence-electron chi connectivity index (χ2n) is 8.24. The van der Waals surface area contributed by atoms with Crippen LogP contribution in [0.15, 0.2) is 48.5 Å². The number of amides is 2. The van der Waals surface area contributed by atoms with E-state index < -0.39 is 0 Å². The van der Waals surface area contributed by atoms with Gasteiger partial charge in [-0.2, -0.15) is 5.10 Å². The van der Waals surface area contributed by atoms with Gasteiger partial charge in [-0.25, -0.2) is 0 Å². The standard InChI is InChI=1S/C24H27ClN6O2S/c1-17-3-2-4-18(15-17)23-27-28-24(34)31(23)10-9-21(32)26-16-22(33)30-13-11-29(12-14-30)20-7-5-19(25)6-8-20/h2-8,15H,9-14,16H2,1H3,(H,26,32)(H,28,34). The summed E-state index contributed by atoms with van der Waals surface area (Å²) in [5.74, 6) is 0.409. The van der Waals surface area contributed by atoms with Gasteiger partial charge in [-0.05, 0) is 49.5 Å². The van der Waals surface area contributed by atoms with Crippen LogP contribution in [-0.4, -0.2) is 64.2 Å². The molecule has 1 aliphatic heterocycles. The molecule has 2 heterocycles. The first-order valence-electron chi connectivity index (χ1n) is 11.2. The van der Waals surface area contributed by atoms with Crippen LogP contribution < -0.4 is 10.2 Å². The maximum absolute atomic E-state index is 12.6. The lowest BCUT2D eigenvalue weighted by Crippen LogP contribution is -2.51. The molecular weight excluding hydrogens is 472 g/mol. The van der Waals surface area contributed by atoms with Crippen LogP contribution in [0.3, 0.4) is 0 Å². The molecule has 0 radical (unpaired) electrons. The van der Waals surface area contributed by atoms with Crippen molar-refractivity contribution in [1.82, 2.24) is 25.0 Å². The molecule has 0 saturated carbocycles. The summed E-state index contributed by atoms with van der Waals surface area (Å²) in [5, 5.41) is 10.6. The van der Waals surface area contributed by atoms with Crippen molar-refractivity contribution in [1.29, 1.82) is 0 Å². The predicted octanol–water partition coefficient (Wildman–Crippen LogP) is 3.42. The molecule has 34 heavy (non-hydrogen) atoms. The van der Waals surface area contributed by atoms with Crippen LogP contribution in [0.5, 0.6) is 0 Å². The van der Waals surface area contributed by atoms with Gasteiger partial charge in [-0.1, -0.05) is 35.4 Å². The van der Waals surface area contributed by atoms with Gasteiger partial charge in [0.15, 0.2) is 10.6 Å². The molecule has 2 amide bonds. The zero-order chi connectivity index (χ0) is 24.1. The van der Waals surface area contributed by atoms with Crippen molar-refractivity contribution in [3.05, 3.63) is 63.9 Å². The van der Waals surface area contributed by atoms with Gasteiger partial charge in [-0.15, -0.1) is 0 Å². The van der Waals surface area contributed by atoms with Gasteiger partial charge in [0.05, 0.1) is 6.54 Å². The molecule has 3 aromatic rings. The molecule has 0 bridgehead atoms. The van der Waals surface area contributed by atoms with Crippen molar-refractivity contribution in [3.63, 3.8) is 0 Å². The summed E-state index contributed by atoms with van der Waals surface area (Å²) in [4.78, 5) is 29.0. The van der Waals surface area contributed by atoms with Crippen molar-refractivity contribution in [2.45, 2.75) is 19.9 Å². The van der Waals surface area contributed by atoms with Crippen molar-refractivity contribution in [2.75, 3.05) is 37.6 Å². The summed E-state index contributed by atoms with van der Waals surface area (Å²) >= 11 is 11.3. The van der Waals surface area contributed by atoms with E-state index in [1.807, 2.05) is 60.0 Å². The average molecular weight is 499 g/mol. The second kappa shape index (κ2) is 10.8. The van der Waals surface area contributed by atoms with Gasteiger partial charge >= 0.3 is 0 Å². The van der Waals surface area contributed by atoms with Crippen LogP contribution in [0.2, 0.25) is 5.02 Å². The smallest absolute Gasteiger partial charge is 0.242 e. The highest BCUT2D eigenvalue weighted by molar-refractivity contribution is 7.71. The van der Waals surface area contributed by atoms with Crippen LogP contribution in [0.1, 0.15) is 12.0 Å². The molecule has 4 rings (SSSR count). The quantitative estimate of drug-likeness (QED) is 0.487. The maximum Gasteiger partial charge on any atom is 0.242 e. The number of anilines is 1. The Morgan fingerprint density at radius 2 is 1.85 bits per heavy atom. The number of H-pyrrole nitrogens is 1. The Bertz CT molecular complexity index is 1210. The molecule has 1 fully saturated rings. The van der Waals surface area contributed by atoms with Crippen LogP contribution in [0.25, 0.3) is 11.4 Å². The lowest BCUT2D eigenvalue weighted by molar-refractivity contribution is -0.133. The van der Waals surface area contributed by atoms with E-state index in [1.54, 1.807) is 4.90 Å². The molecule has 0 atom stereocenters. The summed E-state index contributed by atoms with van der Waals surface area (Å²) in [6, 6.07) is 15.6. The Morgan fingerprint density at radius 1 is 1.12 bits per heavy atom. The van der Waals surface area contributed by atoms with E-state index in [-0.39, 0.29) is 24.8 Å². The number of rotatable bonds is 7. The monoisotopic (exact) mass is 498 g/mol. The minimum absolute atomic E-state index is 0.0126. The topological polar surface area (TPSA) is 86.3 Å². The highest BCUT2D eigenvalue weighted by atomic mass is 35.5. The summed E-state index contributed by atoms with van der Waals surface area (Å²) in [5.41, 5.74) is 3.14. The van der Waals surface area contributed by atoms with Crippen LogP contribution >= 0.6 is 23.8 Å². The number of aromatic nitrogens is 3. The Labute approximate surface area is 208 Å². The molecule has 2 aromatic carbocycles. The molecule has 0 unspecified atom stereocenters. The third-order valence-electron chi connectivity index (χ3n) is 5.86. The van der Waals surface area contributed by atoms with Gasteiger partial charge in [0.25, 0.3) is 0 Å². The third-order valence-corrected chi connectivity index (χ3v) is 6.42. The predicted molar refractivity (Wildman–Crippen MR) is 135 cm³/mol. The van der Waals surface area contributed by atoms with Crippen molar-refractivity contribution in [3.8, 4) is 11.4 Å². The molecule has 1 aromatic heterocycles. The number of hydrogen-bond donors (Lipinski definition) is 2. The van der Waals surface area contributed by atoms with E-state index in [0.29, 0.717) is 35.3 Å².